The zero-order valence-corrected chi connectivity index (χ0v) is 15.7. The fourth-order valence-electron chi connectivity index (χ4n) is 6.40. The predicted molar refractivity (Wildman–Crippen MR) is 95.1 cm³/mol. The van der Waals surface area contributed by atoms with E-state index in [0.717, 1.165) is 24.2 Å². The molecule has 4 bridgehead atoms. The molecule has 0 saturated heterocycles. The monoisotopic (exact) mass is 349 g/mol. The summed E-state index contributed by atoms with van der Waals surface area (Å²) in [7, 11) is 1.79. The van der Waals surface area contributed by atoms with Gasteiger partial charge in [-0.2, -0.15) is 5.10 Å². The van der Waals surface area contributed by atoms with Crippen LogP contribution in [0.15, 0.2) is 0 Å². The highest BCUT2D eigenvalue weighted by molar-refractivity contribution is 6.34. The molecule has 4 saturated carbocycles. The van der Waals surface area contributed by atoms with E-state index in [1.807, 2.05) is 6.92 Å². The summed E-state index contributed by atoms with van der Waals surface area (Å²) in [5.41, 5.74) is 1.53. The van der Waals surface area contributed by atoms with Gasteiger partial charge in [0.2, 0.25) is 0 Å². The van der Waals surface area contributed by atoms with Crippen LogP contribution in [-0.2, 0) is 7.05 Å². The smallest absolute Gasteiger partial charge is 0.271 e. The van der Waals surface area contributed by atoms with Crippen LogP contribution >= 0.6 is 11.6 Å². The molecule has 1 aromatic heterocycles. The van der Waals surface area contributed by atoms with E-state index in [2.05, 4.69) is 17.3 Å². The minimum Gasteiger partial charge on any atom is -0.347 e. The Morgan fingerprint density at radius 3 is 2.25 bits per heavy atom. The van der Waals surface area contributed by atoms with Crippen LogP contribution in [0.25, 0.3) is 0 Å². The quantitative estimate of drug-likeness (QED) is 0.889. The summed E-state index contributed by atoms with van der Waals surface area (Å²) in [5.74, 6) is 2.62. The molecule has 1 heterocycles. The summed E-state index contributed by atoms with van der Waals surface area (Å²) < 4.78 is 1.61. The number of aryl methyl sites for hydroxylation is 2. The molecule has 5 heteroatoms. The first kappa shape index (κ1) is 16.4. The van der Waals surface area contributed by atoms with Crippen LogP contribution < -0.4 is 5.32 Å². The number of hydrogen-bond acceptors (Lipinski definition) is 2. The van der Waals surface area contributed by atoms with Crippen molar-refractivity contribution in [1.82, 2.24) is 15.1 Å². The summed E-state index contributed by atoms with van der Waals surface area (Å²) in [6.45, 7) is 4.05. The van der Waals surface area contributed by atoms with Crippen molar-refractivity contribution in [2.75, 3.05) is 0 Å². The first-order valence-electron chi connectivity index (χ1n) is 9.42. The second-order valence-corrected chi connectivity index (χ2v) is 8.96. The lowest BCUT2D eigenvalue weighted by atomic mass is 9.47. The Kier molecular flexibility index (Phi) is 3.94. The Hall–Kier alpha value is -1.03. The van der Waals surface area contributed by atoms with Gasteiger partial charge in [-0.15, -0.1) is 0 Å². The molecule has 1 atom stereocenters. The molecule has 0 aliphatic heterocycles. The summed E-state index contributed by atoms with van der Waals surface area (Å²) >= 11 is 6.31. The average molecular weight is 350 g/mol. The lowest BCUT2D eigenvalue weighted by Gasteiger charge is -2.59. The van der Waals surface area contributed by atoms with Crippen molar-refractivity contribution in [1.29, 1.82) is 0 Å². The van der Waals surface area contributed by atoms with Gasteiger partial charge in [0.15, 0.2) is 0 Å². The van der Waals surface area contributed by atoms with Crippen molar-refractivity contribution in [2.45, 2.75) is 64.8 Å². The van der Waals surface area contributed by atoms with Crippen LogP contribution in [0.5, 0.6) is 0 Å². The van der Waals surface area contributed by atoms with Crippen molar-refractivity contribution in [2.24, 2.45) is 30.2 Å². The van der Waals surface area contributed by atoms with Crippen LogP contribution in [-0.4, -0.2) is 21.7 Å². The van der Waals surface area contributed by atoms with Gasteiger partial charge in [-0.05, 0) is 75.0 Å². The number of aromatic nitrogens is 2. The zero-order chi connectivity index (χ0) is 17.1. The number of amides is 1. The number of hydrogen-bond donors (Lipinski definition) is 1. The number of carbonyl (C=O) groups is 1. The maximum absolute atomic E-state index is 12.9. The average Bonchev–Trinajstić information content (AvgIpc) is 2.76. The number of nitrogens with zero attached hydrogens (tertiary/aromatic N) is 2. The van der Waals surface area contributed by atoms with E-state index >= 15 is 0 Å². The van der Waals surface area contributed by atoms with E-state index in [1.165, 1.54) is 38.5 Å². The van der Waals surface area contributed by atoms with E-state index < -0.39 is 0 Å². The molecule has 4 aliphatic rings. The molecular weight excluding hydrogens is 322 g/mol. The maximum Gasteiger partial charge on any atom is 0.271 e. The second kappa shape index (κ2) is 5.76. The molecule has 5 rings (SSSR count). The number of rotatable bonds is 4. The van der Waals surface area contributed by atoms with Crippen LogP contribution in [0.1, 0.15) is 68.1 Å². The largest absolute Gasteiger partial charge is 0.347 e. The SMILES string of the molecule is CC[C@@H](NC(=O)c1c(Cl)c(C)nn1C)C12CC3CC(CC(C3)C1)C2. The van der Waals surface area contributed by atoms with E-state index in [1.54, 1.807) is 11.7 Å². The van der Waals surface area contributed by atoms with Gasteiger partial charge in [-0.1, -0.05) is 18.5 Å². The van der Waals surface area contributed by atoms with E-state index in [4.69, 9.17) is 11.6 Å². The number of halogens is 1. The molecule has 0 aromatic carbocycles. The fraction of sp³-hybridized carbons (Fsp3) is 0.789. The molecule has 1 aromatic rings. The highest BCUT2D eigenvalue weighted by Crippen LogP contribution is 2.61. The first-order chi connectivity index (χ1) is 11.4. The Bertz CT molecular complexity index is 631. The van der Waals surface area contributed by atoms with Gasteiger partial charge >= 0.3 is 0 Å². The third kappa shape index (κ3) is 2.49. The van der Waals surface area contributed by atoms with Crippen LogP contribution in [0.3, 0.4) is 0 Å². The molecule has 24 heavy (non-hydrogen) atoms. The molecule has 4 nitrogen and oxygen atoms in total. The van der Waals surface area contributed by atoms with E-state index in [0.29, 0.717) is 21.8 Å². The minimum absolute atomic E-state index is 0.0642. The molecule has 4 aliphatic carbocycles. The number of carbonyl (C=O) groups excluding carboxylic acids is 1. The summed E-state index contributed by atoms with van der Waals surface area (Å²) in [6.07, 6.45) is 9.18. The van der Waals surface area contributed by atoms with Crippen LogP contribution in [0, 0.1) is 30.1 Å². The third-order valence-corrected chi connectivity index (χ3v) is 7.36. The van der Waals surface area contributed by atoms with Gasteiger partial charge in [0.05, 0.1) is 10.7 Å². The maximum atomic E-state index is 12.9. The van der Waals surface area contributed by atoms with E-state index in [-0.39, 0.29) is 11.9 Å². The van der Waals surface area contributed by atoms with Crippen LogP contribution in [0.4, 0.5) is 0 Å². The third-order valence-electron chi connectivity index (χ3n) is 6.90. The lowest BCUT2D eigenvalue weighted by Crippen LogP contribution is -2.56. The van der Waals surface area contributed by atoms with Crippen molar-refractivity contribution >= 4 is 17.5 Å². The molecule has 132 valence electrons. The van der Waals surface area contributed by atoms with Crippen LogP contribution in [0.2, 0.25) is 5.02 Å². The molecule has 1 N–H and O–H groups in total. The Labute approximate surface area is 149 Å². The Balaban J connectivity index is 1.57. The van der Waals surface area contributed by atoms with Gasteiger partial charge < -0.3 is 5.32 Å². The lowest BCUT2D eigenvalue weighted by molar-refractivity contribution is -0.0727. The summed E-state index contributed by atoms with van der Waals surface area (Å²) in [5, 5.41) is 8.11. The molecule has 0 radical (unpaired) electrons. The Morgan fingerprint density at radius 1 is 1.29 bits per heavy atom. The van der Waals surface area contributed by atoms with Gasteiger partial charge in [-0.25, -0.2) is 0 Å². The standard InChI is InChI=1S/C19H28ClN3O/c1-4-15(21-18(24)17-16(20)11(2)22-23(17)3)19-8-12-5-13(9-19)7-14(6-12)10-19/h12-15H,4-10H2,1-3H3,(H,21,24)/t12?,13?,14?,15-,19?/m1/s1. The van der Waals surface area contributed by atoms with Gasteiger partial charge in [-0.3, -0.25) is 9.48 Å². The van der Waals surface area contributed by atoms with Crippen molar-refractivity contribution in [3.63, 3.8) is 0 Å². The number of nitrogens with one attached hydrogen (secondary N) is 1. The molecule has 0 unspecified atom stereocenters. The van der Waals surface area contributed by atoms with E-state index in [9.17, 15) is 4.79 Å². The Morgan fingerprint density at radius 2 is 1.83 bits per heavy atom. The topological polar surface area (TPSA) is 46.9 Å². The van der Waals surface area contributed by atoms with Crippen molar-refractivity contribution in [3.8, 4) is 0 Å². The van der Waals surface area contributed by atoms with Gasteiger partial charge in [0, 0.05) is 13.1 Å². The summed E-state index contributed by atoms with van der Waals surface area (Å²) in [4.78, 5) is 12.9. The molecule has 0 spiro atoms. The summed E-state index contributed by atoms with van der Waals surface area (Å²) in [6, 6.07) is 0.254. The van der Waals surface area contributed by atoms with Crippen molar-refractivity contribution < 1.29 is 4.79 Å². The van der Waals surface area contributed by atoms with Gasteiger partial charge in [0.1, 0.15) is 5.69 Å². The zero-order valence-electron chi connectivity index (χ0n) is 14.9. The molecule has 1 amide bonds. The molecule has 4 fully saturated rings. The first-order valence-corrected chi connectivity index (χ1v) is 9.79. The highest BCUT2D eigenvalue weighted by atomic mass is 35.5. The minimum atomic E-state index is -0.0642. The van der Waals surface area contributed by atoms with Gasteiger partial charge in [0.25, 0.3) is 5.91 Å². The second-order valence-electron chi connectivity index (χ2n) is 8.59. The molecular formula is C19H28ClN3O. The predicted octanol–water partition coefficient (Wildman–Crippen LogP) is 4.11. The normalized spacial score (nSPS) is 35.2. The van der Waals surface area contributed by atoms with Crippen molar-refractivity contribution in [3.05, 3.63) is 16.4 Å². The fourth-order valence-corrected chi connectivity index (χ4v) is 6.64. The highest BCUT2D eigenvalue weighted by Gasteiger charge is 2.54.